The lowest BCUT2D eigenvalue weighted by Crippen LogP contribution is -2.47. The van der Waals surface area contributed by atoms with Gasteiger partial charge in [-0.2, -0.15) is 0 Å². The van der Waals surface area contributed by atoms with Gasteiger partial charge in [0.05, 0.1) is 25.4 Å². The first-order valence-corrected chi connectivity index (χ1v) is 11.5. The van der Waals surface area contributed by atoms with Crippen molar-refractivity contribution in [1.29, 1.82) is 0 Å². The highest BCUT2D eigenvalue weighted by atomic mass is 28.4. The molecule has 5 nitrogen and oxygen atoms in total. The first kappa shape index (κ1) is 20.5. The van der Waals surface area contributed by atoms with Crippen molar-refractivity contribution in [2.75, 3.05) is 13.2 Å². The molecule has 1 heterocycles. The molecule has 0 saturated carbocycles. The smallest absolute Gasteiger partial charge is 0.407 e. The van der Waals surface area contributed by atoms with Crippen molar-refractivity contribution >= 4 is 14.4 Å². The van der Waals surface area contributed by atoms with E-state index in [1.54, 1.807) is 0 Å². The lowest BCUT2D eigenvalue weighted by atomic mass is 10.1. The molecule has 0 unspecified atom stereocenters. The average molecular weight is 346 g/mol. The second-order valence-corrected chi connectivity index (χ2v) is 13.8. The van der Waals surface area contributed by atoms with E-state index in [1.165, 1.54) is 0 Å². The molecule has 0 aromatic rings. The van der Waals surface area contributed by atoms with Crippen LogP contribution in [-0.4, -0.2) is 45.4 Å². The molecule has 1 N–H and O–H groups in total. The predicted molar refractivity (Wildman–Crippen MR) is 95.3 cm³/mol. The molecule has 1 aliphatic rings. The SMILES string of the molecule is CC(C)(C)OC(=O)N[C@@H]1CC[C@@H](CO[Si](C)(C)C(C)(C)C)OC1. The zero-order chi connectivity index (χ0) is 17.9. The Morgan fingerprint density at radius 1 is 1.17 bits per heavy atom. The largest absolute Gasteiger partial charge is 0.444 e. The third kappa shape index (κ3) is 7.22. The Labute approximate surface area is 142 Å². The van der Waals surface area contributed by atoms with Crippen LogP contribution in [0.5, 0.6) is 0 Å². The summed E-state index contributed by atoms with van der Waals surface area (Å²) in [6.07, 6.45) is 1.54. The van der Waals surface area contributed by atoms with Crippen LogP contribution in [0.4, 0.5) is 4.79 Å². The molecule has 23 heavy (non-hydrogen) atoms. The number of nitrogens with one attached hydrogen (secondary N) is 1. The molecule has 1 fully saturated rings. The lowest BCUT2D eigenvalue weighted by Gasteiger charge is -2.38. The van der Waals surface area contributed by atoms with Crippen LogP contribution in [0, 0.1) is 0 Å². The van der Waals surface area contributed by atoms with Gasteiger partial charge in [-0.25, -0.2) is 4.79 Å². The second kappa shape index (κ2) is 7.53. The Morgan fingerprint density at radius 2 is 1.78 bits per heavy atom. The Hall–Kier alpha value is -0.593. The highest BCUT2D eigenvalue weighted by Crippen LogP contribution is 2.36. The minimum absolute atomic E-state index is 0.0222. The summed E-state index contributed by atoms with van der Waals surface area (Å²) in [5, 5.41) is 3.09. The summed E-state index contributed by atoms with van der Waals surface area (Å²) in [5.41, 5.74) is -0.473. The first-order chi connectivity index (χ1) is 10.3. The van der Waals surface area contributed by atoms with E-state index >= 15 is 0 Å². The van der Waals surface area contributed by atoms with Gasteiger partial charge < -0.3 is 19.2 Å². The van der Waals surface area contributed by atoms with Gasteiger partial charge in [-0.05, 0) is 51.7 Å². The van der Waals surface area contributed by atoms with E-state index in [1.807, 2.05) is 20.8 Å². The number of ether oxygens (including phenoxy) is 2. The maximum absolute atomic E-state index is 11.8. The van der Waals surface area contributed by atoms with Crippen LogP contribution in [0.1, 0.15) is 54.4 Å². The van der Waals surface area contributed by atoms with Crippen molar-refractivity contribution in [3.05, 3.63) is 0 Å². The summed E-state index contributed by atoms with van der Waals surface area (Å²) in [7, 11) is -1.73. The normalized spacial score (nSPS) is 23.5. The number of hydrogen-bond acceptors (Lipinski definition) is 4. The van der Waals surface area contributed by atoms with Crippen LogP contribution < -0.4 is 5.32 Å². The number of carbonyl (C=O) groups excluding carboxylic acids is 1. The molecule has 136 valence electrons. The molecule has 1 saturated heterocycles. The van der Waals surface area contributed by atoms with Crippen molar-refractivity contribution in [1.82, 2.24) is 5.32 Å². The third-order valence-corrected chi connectivity index (χ3v) is 9.03. The van der Waals surface area contributed by atoms with Gasteiger partial charge in [-0.3, -0.25) is 0 Å². The number of hydrogen-bond donors (Lipinski definition) is 1. The molecule has 0 aliphatic carbocycles. The fourth-order valence-electron chi connectivity index (χ4n) is 2.04. The highest BCUT2D eigenvalue weighted by Gasteiger charge is 2.38. The Kier molecular flexibility index (Phi) is 6.70. The molecule has 1 aliphatic heterocycles. The van der Waals surface area contributed by atoms with Crippen LogP contribution in [0.3, 0.4) is 0 Å². The second-order valence-electron chi connectivity index (χ2n) is 8.95. The molecule has 1 amide bonds. The summed E-state index contributed by atoms with van der Waals surface area (Å²) in [6, 6.07) is 0.0222. The van der Waals surface area contributed by atoms with Crippen LogP contribution in [-0.2, 0) is 13.9 Å². The molecule has 0 radical (unpaired) electrons. The minimum Gasteiger partial charge on any atom is -0.444 e. The predicted octanol–water partition coefficient (Wildman–Crippen LogP) is 4.08. The number of alkyl carbamates (subject to hydrolysis) is 1. The maximum atomic E-state index is 11.8. The number of rotatable bonds is 4. The maximum Gasteiger partial charge on any atom is 0.407 e. The summed E-state index contributed by atoms with van der Waals surface area (Å²) in [5.74, 6) is 0. The molecule has 0 spiro atoms. The van der Waals surface area contributed by atoms with Crippen molar-refractivity contribution in [3.63, 3.8) is 0 Å². The quantitative estimate of drug-likeness (QED) is 0.780. The van der Waals surface area contributed by atoms with Crippen molar-refractivity contribution in [3.8, 4) is 0 Å². The van der Waals surface area contributed by atoms with Gasteiger partial charge in [0, 0.05) is 0 Å². The molecule has 6 heteroatoms. The zero-order valence-corrected chi connectivity index (χ0v) is 17.1. The minimum atomic E-state index is -1.73. The van der Waals surface area contributed by atoms with Gasteiger partial charge in [0.15, 0.2) is 8.32 Å². The lowest BCUT2D eigenvalue weighted by molar-refractivity contribution is -0.0309. The summed E-state index contributed by atoms with van der Waals surface area (Å²) < 4.78 is 17.3. The van der Waals surface area contributed by atoms with Gasteiger partial charge >= 0.3 is 6.09 Å². The van der Waals surface area contributed by atoms with Crippen LogP contribution >= 0.6 is 0 Å². The monoisotopic (exact) mass is 345 g/mol. The molecular formula is C17H35NO4Si. The highest BCUT2D eigenvalue weighted by molar-refractivity contribution is 6.74. The molecular weight excluding hydrogens is 310 g/mol. The fraction of sp³-hybridized carbons (Fsp3) is 0.941. The van der Waals surface area contributed by atoms with Crippen LogP contribution in [0.2, 0.25) is 18.1 Å². The molecule has 2 atom stereocenters. The van der Waals surface area contributed by atoms with Crippen molar-refractivity contribution in [2.45, 2.75) is 90.3 Å². The first-order valence-electron chi connectivity index (χ1n) is 8.55. The van der Waals surface area contributed by atoms with E-state index in [0.29, 0.717) is 13.2 Å². The van der Waals surface area contributed by atoms with E-state index in [9.17, 15) is 4.79 Å². The van der Waals surface area contributed by atoms with Crippen LogP contribution in [0.25, 0.3) is 0 Å². The Balaban J connectivity index is 2.32. The summed E-state index contributed by atoms with van der Waals surface area (Å²) in [4.78, 5) is 11.8. The summed E-state index contributed by atoms with van der Waals surface area (Å²) in [6.45, 7) is 18.0. The van der Waals surface area contributed by atoms with Gasteiger partial charge in [0.1, 0.15) is 5.60 Å². The molecule has 1 rings (SSSR count). The third-order valence-electron chi connectivity index (χ3n) is 4.53. The van der Waals surface area contributed by atoms with Crippen molar-refractivity contribution < 1.29 is 18.7 Å². The molecule has 0 aromatic carbocycles. The van der Waals surface area contributed by atoms with Gasteiger partial charge in [-0.15, -0.1) is 0 Å². The number of carbonyl (C=O) groups is 1. The Morgan fingerprint density at radius 3 is 2.22 bits per heavy atom. The zero-order valence-electron chi connectivity index (χ0n) is 16.1. The van der Waals surface area contributed by atoms with Gasteiger partial charge in [0.2, 0.25) is 0 Å². The Bertz CT molecular complexity index is 390. The van der Waals surface area contributed by atoms with E-state index in [0.717, 1.165) is 12.8 Å². The van der Waals surface area contributed by atoms with E-state index in [-0.39, 0.29) is 23.3 Å². The molecule has 0 bridgehead atoms. The fourth-order valence-corrected chi connectivity index (χ4v) is 3.08. The standard InChI is InChI=1S/C17H35NO4Si/c1-16(2,3)22-15(19)18-13-9-10-14(20-11-13)12-21-23(7,8)17(4,5)6/h13-14H,9-12H2,1-8H3,(H,18,19)/t13-,14+/m1/s1. The average Bonchev–Trinajstić information content (AvgIpc) is 2.34. The molecule has 0 aromatic heterocycles. The van der Waals surface area contributed by atoms with Crippen LogP contribution in [0.15, 0.2) is 0 Å². The summed E-state index contributed by atoms with van der Waals surface area (Å²) >= 11 is 0. The van der Waals surface area contributed by atoms with E-state index < -0.39 is 13.9 Å². The van der Waals surface area contributed by atoms with Gasteiger partial charge in [0.25, 0.3) is 0 Å². The van der Waals surface area contributed by atoms with Crippen molar-refractivity contribution in [2.24, 2.45) is 0 Å². The number of amides is 1. The van der Waals surface area contributed by atoms with E-state index in [2.05, 4.69) is 39.2 Å². The van der Waals surface area contributed by atoms with E-state index in [4.69, 9.17) is 13.9 Å². The topological polar surface area (TPSA) is 56.8 Å². The van der Waals surface area contributed by atoms with Gasteiger partial charge in [-0.1, -0.05) is 20.8 Å².